The van der Waals surface area contributed by atoms with Gasteiger partial charge in [0.15, 0.2) is 11.6 Å². The second kappa shape index (κ2) is 11.4. The number of nitrogen functional groups attached to an aromatic ring is 1. The lowest BCUT2D eigenvalue weighted by atomic mass is 10.1. The summed E-state index contributed by atoms with van der Waals surface area (Å²) in [6.07, 6.45) is 7.22. The van der Waals surface area contributed by atoms with Gasteiger partial charge in [0.05, 0.1) is 23.3 Å². The molecule has 0 aliphatic heterocycles. The fourth-order valence-electron chi connectivity index (χ4n) is 2.28. The molecule has 0 aliphatic rings. The first kappa shape index (κ1) is 21.8. The Morgan fingerprint density at radius 3 is 2.30 bits per heavy atom. The first-order valence-electron chi connectivity index (χ1n) is 9.26. The zero-order valence-corrected chi connectivity index (χ0v) is 16.8. The molecule has 3 aromatic rings. The molecule has 142 valence electrons. The molecule has 1 aromatic carbocycles. The molecule has 0 radical (unpaired) electrons. The number of anilines is 1. The molecular weight excluding hydrogens is 334 g/mol. The number of aromatic nitrogens is 4. The van der Waals surface area contributed by atoms with Gasteiger partial charge in [-0.25, -0.2) is 15.0 Å². The van der Waals surface area contributed by atoms with E-state index in [0.29, 0.717) is 17.3 Å². The van der Waals surface area contributed by atoms with Gasteiger partial charge in [0, 0.05) is 5.56 Å². The van der Waals surface area contributed by atoms with Crippen LogP contribution in [0, 0.1) is 0 Å². The second-order valence-electron chi connectivity index (χ2n) is 4.94. The summed E-state index contributed by atoms with van der Waals surface area (Å²) in [5.41, 5.74) is 9.87. The number of rotatable bonds is 4. The van der Waals surface area contributed by atoms with E-state index in [4.69, 9.17) is 5.73 Å². The number of H-pyrrole nitrogens is 1. The summed E-state index contributed by atoms with van der Waals surface area (Å²) in [5, 5.41) is 0. The van der Waals surface area contributed by atoms with Crippen LogP contribution in [-0.2, 0) is 0 Å². The lowest BCUT2D eigenvalue weighted by Crippen LogP contribution is -2.00. The highest BCUT2D eigenvalue weighted by molar-refractivity contribution is 5.71. The molecule has 3 N–H and O–H groups in total. The van der Waals surface area contributed by atoms with Crippen molar-refractivity contribution >= 4 is 18.0 Å². The average molecular weight is 364 g/mol. The molecule has 5 nitrogen and oxygen atoms in total. The van der Waals surface area contributed by atoms with E-state index in [1.165, 1.54) is 0 Å². The van der Waals surface area contributed by atoms with Crippen molar-refractivity contribution < 1.29 is 0 Å². The standard InChI is InChI=1S/C18H17N5.2C2H6/c1-3-8-14-13(4-2)22-18(23-14)16-17(19)20-11-15(21-16)12-9-6-5-7-10-12;2*1-2/h3-11H,2H2,1H3,(H2,19,20)(H,22,23);2*1-2H3/b8-3-;;. The van der Waals surface area contributed by atoms with E-state index in [-0.39, 0.29) is 0 Å². The van der Waals surface area contributed by atoms with Crippen molar-refractivity contribution in [2.75, 3.05) is 5.73 Å². The zero-order chi connectivity index (χ0) is 20.2. The molecule has 0 saturated carbocycles. The fourth-order valence-corrected chi connectivity index (χ4v) is 2.28. The summed E-state index contributed by atoms with van der Waals surface area (Å²) in [4.78, 5) is 16.6. The minimum atomic E-state index is 0.334. The molecule has 0 amide bonds. The number of benzene rings is 1. The Kier molecular flexibility index (Phi) is 9.23. The Balaban J connectivity index is 0.000000855. The van der Waals surface area contributed by atoms with Crippen molar-refractivity contribution in [3.63, 3.8) is 0 Å². The number of allylic oxidation sites excluding steroid dienone is 1. The van der Waals surface area contributed by atoms with Crippen molar-refractivity contribution in [2.45, 2.75) is 34.6 Å². The maximum Gasteiger partial charge on any atom is 0.161 e. The van der Waals surface area contributed by atoms with Gasteiger partial charge in [0.2, 0.25) is 0 Å². The summed E-state index contributed by atoms with van der Waals surface area (Å²) in [7, 11) is 0. The van der Waals surface area contributed by atoms with Crippen LogP contribution in [0.25, 0.3) is 34.9 Å². The van der Waals surface area contributed by atoms with E-state index in [1.807, 2.05) is 77.1 Å². The summed E-state index contributed by atoms with van der Waals surface area (Å²) < 4.78 is 0. The number of imidazole rings is 1. The number of nitrogens with two attached hydrogens (primary N) is 1. The Bertz CT molecular complexity index is 864. The predicted octanol–water partition coefficient (Wildman–Crippen LogP) is 5.84. The van der Waals surface area contributed by atoms with Crippen LogP contribution >= 0.6 is 0 Å². The lowest BCUT2D eigenvalue weighted by molar-refractivity contribution is 1.17. The van der Waals surface area contributed by atoms with Gasteiger partial charge in [-0.3, -0.25) is 0 Å². The molecule has 0 spiro atoms. The third kappa shape index (κ3) is 5.38. The van der Waals surface area contributed by atoms with E-state index >= 15 is 0 Å². The second-order valence-corrected chi connectivity index (χ2v) is 4.94. The van der Waals surface area contributed by atoms with Gasteiger partial charge in [-0.1, -0.05) is 70.7 Å². The monoisotopic (exact) mass is 363 g/mol. The van der Waals surface area contributed by atoms with E-state index in [1.54, 1.807) is 12.3 Å². The van der Waals surface area contributed by atoms with Gasteiger partial charge in [0.25, 0.3) is 0 Å². The highest BCUT2D eigenvalue weighted by Gasteiger charge is 2.14. The van der Waals surface area contributed by atoms with Crippen LogP contribution in [0.4, 0.5) is 5.82 Å². The quantitative estimate of drug-likeness (QED) is 0.610. The Morgan fingerprint density at radius 1 is 1.04 bits per heavy atom. The largest absolute Gasteiger partial charge is 0.382 e. The Hall–Kier alpha value is -3.21. The van der Waals surface area contributed by atoms with Crippen molar-refractivity contribution in [1.82, 2.24) is 19.9 Å². The van der Waals surface area contributed by atoms with Gasteiger partial charge in [0.1, 0.15) is 5.69 Å². The minimum Gasteiger partial charge on any atom is -0.382 e. The summed E-state index contributed by atoms with van der Waals surface area (Å²) in [6.45, 7) is 13.7. The Labute approximate surface area is 162 Å². The number of nitrogens with one attached hydrogen (secondary N) is 1. The average Bonchev–Trinajstić information content (AvgIpc) is 3.15. The topological polar surface area (TPSA) is 80.5 Å². The third-order valence-electron chi connectivity index (χ3n) is 3.38. The fraction of sp³-hybridized carbons (Fsp3) is 0.227. The highest BCUT2D eigenvalue weighted by atomic mass is 15.0. The molecule has 0 bridgehead atoms. The molecule has 0 unspecified atom stereocenters. The van der Waals surface area contributed by atoms with Gasteiger partial charge in [-0.2, -0.15) is 0 Å². The first-order valence-corrected chi connectivity index (χ1v) is 9.26. The van der Waals surface area contributed by atoms with Crippen molar-refractivity contribution in [3.05, 3.63) is 60.6 Å². The van der Waals surface area contributed by atoms with Crippen LogP contribution < -0.4 is 5.73 Å². The molecule has 0 aliphatic carbocycles. The third-order valence-corrected chi connectivity index (χ3v) is 3.38. The van der Waals surface area contributed by atoms with E-state index < -0.39 is 0 Å². The summed E-state index contributed by atoms with van der Waals surface area (Å²) in [5.74, 6) is 0.914. The molecule has 2 aromatic heterocycles. The van der Waals surface area contributed by atoms with E-state index in [9.17, 15) is 0 Å². The van der Waals surface area contributed by atoms with Crippen LogP contribution in [-0.4, -0.2) is 19.9 Å². The summed E-state index contributed by atoms with van der Waals surface area (Å²) >= 11 is 0. The van der Waals surface area contributed by atoms with Crippen LogP contribution in [0.2, 0.25) is 0 Å². The molecule has 3 rings (SSSR count). The van der Waals surface area contributed by atoms with Crippen LogP contribution in [0.5, 0.6) is 0 Å². The van der Waals surface area contributed by atoms with Gasteiger partial charge in [-0.05, 0) is 19.1 Å². The maximum absolute atomic E-state index is 6.00. The molecule has 5 heteroatoms. The van der Waals surface area contributed by atoms with Crippen LogP contribution in [0.1, 0.15) is 46.0 Å². The van der Waals surface area contributed by atoms with Crippen LogP contribution in [0.3, 0.4) is 0 Å². The predicted molar refractivity (Wildman–Crippen MR) is 117 cm³/mol. The minimum absolute atomic E-state index is 0.334. The van der Waals surface area contributed by atoms with E-state index in [0.717, 1.165) is 22.6 Å². The molecule has 0 saturated heterocycles. The highest BCUT2D eigenvalue weighted by Crippen LogP contribution is 2.25. The molecule has 2 heterocycles. The van der Waals surface area contributed by atoms with Gasteiger partial charge in [-0.15, -0.1) is 0 Å². The van der Waals surface area contributed by atoms with Crippen molar-refractivity contribution in [3.8, 4) is 22.8 Å². The number of hydrogen-bond donors (Lipinski definition) is 2. The Morgan fingerprint density at radius 2 is 1.70 bits per heavy atom. The summed E-state index contributed by atoms with van der Waals surface area (Å²) in [6, 6.07) is 9.83. The molecule has 0 fully saturated rings. The van der Waals surface area contributed by atoms with Crippen molar-refractivity contribution in [1.29, 1.82) is 0 Å². The van der Waals surface area contributed by atoms with Crippen molar-refractivity contribution in [2.24, 2.45) is 0 Å². The number of aromatic amines is 1. The molecular formula is C22H29N5. The van der Waals surface area contributed by atoms with Gasteiger partial charge < -0.3 is 10.7 Å². The number of hydrogen-bond acceptors (Lipinski definition) is 4. The molecule has 0 atom stereocenters. The smallest absolute Gasteiger partial charge is 0.161 e. The lowest BCUT2D eigenvalue weighted by Gasteiger charge is -2.05. The number of nitrogens with zero attached hydrogens (tertiary/aromatic N) is 3. The first-order chi connectivity index (χ1) is 13.2. The van der Waals surface area contributed by atoms with E-state index in [2.05, 4.69) is 26.5 Å². The maximum atomic E-state index is 6.00. The SMILES string of the molecule is C=Cc1nc(-c2nc(-c3ccccc3)cnc2N)[nH]c1/C=C\C.CC.CC. The van der Waals surface area contributed by atoms with Crippen LogP contribution in [0.15, 0.2) is 49.2 Å². The van der Waals surface area contributed by atoms with Gasteiger partial charge >= 0.3 is 0 Å². The zero-order valence-electron chi connectivity index (χ0n) is 16.8. The molecule has 27 heavy (non-hydrogen) atoms. The normalized spacial score (nSPS) is 9.81.